The van der Waals surface area contributed by atoms with Crippen LogP contribution in [0, 0.1) is 35.3 Å². The monoisotopic (exact) mass is 321 g/mol. The fourth-order valence-corrected chi connectivity index (χ4v) is 2.10. The fraction of sp³-hybridized carbons (Fsp3) is 0.111. The number of rotatable bonds is 4. The maximum Gasteiger partial charge on any atom is 0.276 e. The first-order chi connectivity index (χ1) is 11.4. The van der Waals surface area contributed by atoms with Gasteiger partial charge in [-0.3, -0.25) is 14.9 Å². The van der Waals surface area contributed by atoms with Crippen molar-refractivity contribution in [3.63, 3.8) is 0 Å². The van der Waals surface area contributed by atoms with Crippen molar-refractivity contribution in [2.24, 2.45) is 0 Å². The van der Waals surface area contributed by atoms with Crippen LogP contribution >= 0.6 is 0 Å². The van der Waals surface area contributed by atoms with Crippen molar-refractivity contribution in [3.05, 3.63) is 74.8 Å². The van der Waals surface area contributed by atoms with E-state index in [2.05, 4.69) is 5.32 Å². The van der Waals surface area contributed by atoms with Crippen LogP contribution in [0.2, 0.25) is 0 Å². The number of nitriles is 1. The van der Waals surface area contributed by atoms with Gasteiger partial charge in [0.25, 0.3) is 11.6 Å². The summed E-state index contributed by atoms with van der Waals surface area (Å²) in [7, 11) is 0. The van der Waals surface area contributed by atoms with Crippen LogP contribution in [0.5, 0.6) is 0 Å². The lowest BCUT2D eigenvalue weighted by Crippen LogP contribution is -2.13. The fourth-order valence-electron chi connectivity index (χ4n) is 2.10. The Labute approximate surface area is 139 Å². The van der Waals surface area contributed by atoms with E-state index in [1.54, 1.807) is 24.3 Å². The Morgan fingerprint density at radius 1 is 1.21 bits per heavy atom. The summed E-state index contributed by atoms with van der Waals surface area (Å²) in [6.45, 7) is 3.87. The highest BCUT2D eigenvalue weighted by molar-refractivity contribution is 6.10. The quantitative estimate of drug-likeness (QED) is 0.401. The molecule has 1 N–H and O–H groups in total. The third kappa shape index (κ3) is 3.84. The number of carbonyl (C=O) groups excluding carboxylic acids is 1. The predicted octanol–water partition coefficient (Wildman–Crippen LogP) is 3.76. The van der Waals surface area contributed by atoms with E-state index in [4.69, 9.17) is 0 Å². The van der Waals surface area contributed by atoms with Gasteiger partial charge in [-0.25, -0.2) is 0 Å². The Hall–Kier alpha value is -3.46. The average molecular weight is 321 g/mol. The molecule has 0 atom stereocenters. The normalized spacial score (nSPS) is 10.8. The number of benzene rings is 2. The van der Waals surface area contributed by atoms with Crippen LogP contribution in [-0.2, 0) is 4.79 Å². The minimum absolute atomic E-state index is 0.163. The van der Waals surface area contributed by atoms with E-state index in [-0.39, 0.29) is 16.8 Å². The van der Waals surface area contributed by atoms with Crippen molar-refractivity contribution in [3.8, 4) is 6.07 Å². The lowest BCUT2D eigenvalue weighted by atomic mass is 10.1. The Balaban J connectivity index is 2.31. The van der Waals surface area contributed by atoms with Crippen LogP contribution in [0.25, 0.3) is 6.08 Å². The van der Waals surface area contributed by atoms with Crippen LogP contribution < -0.4 is 5.32 Å². The molecule has 1 amide bonds. The highest BCUT2D eigenvalue weighted by atomic mass is 16.6. The second kappa shape index (κ2) is 7.20. The maximum atomic E-state index is 12.3. The number of amides is 1. The molecule has 0 saturated carbocycles. The van der Waals surface area contributed by atoms with Crippen molar-refractivity contribution >= 4 is 23.4 Å². The summed E-state index contributed by atoms with van der Waals surface area (Å²) >= 11 is 0. The zero-order chi connectivity index (χ0) is 17.7. The predicted molar refractivity (Wildman–Crippen MR) is 91.2 cm³/mol. The van der Waals surface area contributed by atoms with Crippen molar-refractivity contribution < 1.29 is 9.72 Å². The summed E-state index contributed by atoms with van der Waals surface area (Å²) < 4.78 is 0. The molecule has 6 heteroatoms. The number of nitro benzene ring substituents is 1. The van der Waals surface area contributed by atoms with E-state index in [9.17, 15) is 20.2 Å². The number of aryl methyl sites for hydroxylation is 2. The molecule has 0 radical (unpaired) electrons. The van der Waals surface area contributed by atoms with Gasteiger partial charge >= 0.3 is 0 Å². The molecule has 0 unspecified atom stereocenters. The SMILES string of the molecule is Cc1ccc(NC(=O)/C(C#N)=C\c2ccccc2[N+](=O)[O-])cc1C. The zero-order valence-corrected chi connectivity index (χ0v) is 13.2. The van der Waals surface area contributed by atoms with Crippen LogP contribution in [0.15, 0.2) is 48.0 Å². The van der Waals surface area contributed by atoms with Gasteiger partial charge in [0.2, 0.25) is 0 Å². The Morgan fingerprint density at radius 2 is 1.92 bits per heavy atom. The zero-order valence-electron chi connectivity index (χ0n) is 13.2. The van der Waals surface area contributed by atoms with Gasteiger partial charge in [0.05, 0.1) is 10.5 Å². The lowest BCUT2D eigenvalue weighted by Gasteiger charge is -2.07. The number of nitro groups is 1. The van der Waals surface area contributed by atoms with Crippen LogP contribution in [0.1, 0.15) is 16.7 Å². The number of para-hydroxylation sites is 1. The molecule has 6 nitrogen and oxygen atoms in total. The second-order valence-corrected chi connectivity index (χ2v) is 5.24. The van der Waals surface area contributed by atoms with Crippen molar-refractivity contribution in [2.45, 2.75) is 13.8 Å². The first-order valence-electron chi connectivity index (χ1n) is 7.16. The van der Waals surface area contributed by atoms with Gasteiger partial charge in [-0.05, 0) is 49.2 Å². The lowest BCUT2D eigenvalue weighted by molar-refractivity contribution is -0.385. The number of nitrogens with one attached hydrogen (secondary N) is 1. The van der Waals surface area contributed by atoms with Crippen molar-refractivity contribution in [1.82, 2.24) is 0 Å². The van der Waals surface area contributed by atoms with Crippen LogP contribution in [0.3, 0.4) is 0 Å². The van der Waals surface area contributed by atoms with Crippen molar-refractivity contribution in [1.29, 1.82) is 5.26 Å². The highest BCUT2D eigenvalue weighted by Gasteiger charge is 2.15. The molecular formula is C18H15N3O3. The molecule has 120 valence electrons. The minimum atomic E-state index is -0.612. The molecule has 2 aromatic rings. The molecule has 0 spiro atoms. The average Bonchev–Trinajstić information content (AvgIpc) is 2.56. The largest absolute Gasteiger partial charge is 0.321 e. The summed E-state index contributed by atoms with van der Waals surface area (Å²) in [6.07, 6.45) is 1.22. The third-order valence-corrected chi connectivity index (χ3v) is 3.56. The first-order valence-corrected chi connectivity index (χ1v) is 7.16. The van der Waals surface area contributed by atoms with Gasteiger partial charge in [-0.15, -0.1) is 0 Å². The molecule has 0 aliphatic carbocycles. The van der Waals surface area contributed by atoms with Gasteiger partial charge < -0.3 is 5.32 Å². The number of nitrogens with zero attached hydrogens (tertiary/aromatic N) is 2. The van der Waals surface area contributed by atoms with Gasteiger partial charge in [0, 0.05) is 11.8 Å². The van der Waals surface area contributed by atoms with Gasteiger partial charge in [-0.2, -0.15) is 5.26 Å². The molecule has 0 bridgehead atoms. The number of hydrogen-bond acceptors (Lipinski definition) is 4. The Kier molecular flexibility index (Phi) is 5.07. The molecule has 0 aromatic heterocycles. The highest BCUT2D eigenvalue weighted by Crippen LogP contribution is 2.21. The topological polar surface area (TPSA) is 96.0 Å². The van der Waals surface area contributed by atoms with E-state index >= 15 is 0 Å². The Morgan fingerprint density at radius 3 is 2.54 bits per heavy atom. The third-order valence-electron chi connectivity index (χ3n) is 3.56. The van der Waals surface area contributed by atoms with Crippen molar-refractivity contribution in [2.75, 3.05) is 5.32 Å². The standard InChI is InChI=1S/C18H15N3O3/c1-12-7-8-16(9-13(12)2)20-18(22)15(11-19)10-14-5-3-4-6-17(14)21(23)24/h3-10H,1-2H3,(H,20,22)/b15-10-. The number of carbonyl (C=O) groups is 1. The molecular weight excluding hydrogens is 306 g/mol. The summed E-state index contributed by atoms with van der Waals surface area (Å²) in [6, 6.07) is 13.1. The molecule has 2 rings (SSSR count). The summed E-state index contributed by atoms with van der Waals surface area (Å²) in [5.41, 5.74) is 2.49. The summed E-state index contributed by atoms with van der Waals surface area (Å²) in [4.78, 5) is 22.7. The first kappa shape index (κ1) is 16.9. The van der Waals surface area contributed by atoms with Crippen LogP contribution in [-0.4, -0.2) is 10.8 Å². The molecule has 0 aliphatic heterocycles. The van der Waals surface area contributed by atoms with Crippen LogP contribution in [0.4, 0.5) is 11.4 Å². The van der Waals surface area contributed by atoms with E-state index in [1.807, 2.05) is 19.9 Å². The smallest absolute Gasteiger partial charge is 0.276 e. The van der Waals surface area contributed by atoms with E-state index in [0.29, 0.717) is 5.69 Å². The molecule has 24 heavy (non-hydrogen) atoms. The molecule has 0 saturated heterocycles. The number of hydrogen-bond donors (Lipinski definition) is 1. The second-order valence-electron chi connectivity index (χ2n) is 5.24. The molecule has 0 heterocycles. The van der Waals surface area contributed by atoms with E-state index in [1.165, 1.54) is 24.3 Å². The van der Waals surface area contributed by atoms with E-state index < -0.39 is 10.8 Å². The van der Waals surface area contributed by atoms with Gasteiger partial charge in [0.1, 0.15) is 11.6 Å². The minimum Gasteiger partial charge on any atom is -0.321 e. The van der Waals surface area contributed by atoms with Gasteiger partial charge in [-0.1, -0.05) is 18.2 Å². The number of anilines is 1. The van der Waals surface area contributed by atoms with E-state index in [0.717, 1.165) is 11.1 Å². The maximum absolute atomic E-state index is 12.3. The molecule has 0 fully saturated rings. The molecule has 2 aromatic carbocycles. The summed E-state index contributed by atoms with van der Waals surface area (Å²) in [5, 5.41) is 22.9. The molecule has 0 aliphatic rings. The Bertz CT molecular complexity index is 879. The summed E-state index contributed by atoms with van der Waals surface area (Å²) in [5.74, 6) is -0.612. The van der Waals surface area contributed by atoms with Gasteiger partial charge in [0.15, 0.2) is 0 Å².